The number of ketones is 1. The summed E-state index contributed by atoms with van der Waals surface area (Å²) in [4.78, 5) is 28.5. The predicted octanol–water partition coefficient (Wildman–Crippen LogP) is 5.89. The molecule has 7 nitrogen and oxygen atoms in total. The minimum Gasteiger partial charge on any atom is -0.494 e. The quantitative estimate of drug-likeness (QED) is 0.525. The standard InChI is InChI=1S/C26H25N3O4/c1-2-32-18-14-12-17(13-15-18)27-26(31)29-21-9-4-3-7-19(21)28-20-8-5-10-22(30)24(20)25(29)23-11-6-16-33-23/h3-4,6-7,9,11-16,25,28H,2,5,8,10H2,1H3,(H,27,31)/t25-/m0/s1. The SMILES string of the molecule is CCOc1ccc(NC(=O)N2c3ccccc3NC3=C(C(=O)CCC3)[C@@H]2c2ccco2)cc1. The molecule has 2 N–H and O–H groups in total. The second-order valence-electron chi connectivity index (χ2n) is 7.99. The third-order valence-electron chi connectivity index (χ3n) is 5.88. The van der Waals surface area contributed by atoms with E-state index in [9.17, 15) is 9.59 Å². The molecule has 2 aliphatic rings. The molecule has 0 radical (unpaired) electrons. The maximum Gasteiger partial charge on any atom is 0.327 e. The Balaban J connectivity index is 1.60. The average molecular weight is 444 g/mol. The Bertz CT molecular complexity index is 1200. The van der Waals surface area contributed by atoms with E-state index in [2.05, 4.69) is 10.6 Å². The van der Waals surface area contributed by atoms with Crippen molar-refractivity contribution in [2.75, 3.05) is 22.1 Å². The number of furan rings is 1. The molecule has 0 bridgehead atoms. The van der Waals surface area contributed by atoms with Crippen LogP contribution in [0, 0.1) is 0 Å². The van der Waals surface area contributed by atoms with Crippen LogP contribution in [-0.4, -0.2) is 18.4 Å². The molecule has 33 heavy (non-hydrogen) atoms. The molecule has 7 heteroatoms. The van der Waals surface area contributed by atoms with Crippen LogP contribution in [0.15, 0.2) is 82.6 Å². The van der Waals surface area contributed by atoms with E-state index < -0.39 is 6.04 Å². The van der Waals surface area contributed by atoms with Crippen molar-refractivity contribution >= 4 is 28.9 Å². The largest absolute Gasteiger partial charge is 0.494 e. The van der Waals surface area contributed by atoms with E-state index in [1.54, 1.807) is 29.4 Å². The molecule has 1 aliphatic heterocycles. The Morgan fingerprint density at radius 3 is 2.70 bits per heavy atom. The molecule has 3 aromatic rings. The lowest BCUT2D eigenvalue weighted by atomic mass is 9.88. The number of benzene rings is 2. The normalized spacial score (nSPS) is 17.5. The van der Waals surface area contributed by atoms with E-state index in [1.807, 2.05) is 49.4 Å². The summed E-state index contributed by atoms with van der Waals surface area (Å²) >= 11 is 0. The lowest BCUT2D eigenvalue weighted by molar-refractivity contribution is -0.116. The highest BCUT2D eigenvalue weighted by atomic mass is 16.5. The summed E-state index contributed by atoms with van der Waals surface area (Å²) in [5.74, 6) is 1.30. The number of anilines is 3. The summed E-state index contributed by atoms with van der Waals surface area (Å²) in [5.41, 5.74) is 3.49. The first kappa shape index (κ1) is 20.9. The Labute approximate surface area is 192 Å². The highest BCUT2D eigenvalue weighted by molar-refractivity contribution is 6.09. The summed E-state index contributed by atoms with van der Waals surface area (Å²) in [6.07, 6.45) is 3.52. The van der Waals surface area contributed by atoms with Crippen molar-refractivity contribution < 1.29 is 18.7 Å². The first-order valence-electron chi connectivity index (χ1n) is 11.1. The lowest BCUT2D eigenvalue weighted by Crippen LogP contribution is -2.40. The molecule has 1 atom stereocenters. The van der Waals surface area contributed by atoms with Crippen molar-refractivity contribution in [3.8, 4) is 5.75 Å². The number of nitrogens with zero attached hydrogens (tertiary/aromatic N) is 1. The molecule has 2 heterocycles. The van der Waals surface area contributed by atoms with Gasteiger partial charge < -0.3 is 19.8 Å². The zero-order valence-corrected chi connectivity index (χ0v) is 18.3. The van der Waals surface area contributed by atoms with Crippen LogP contribution in [0.4, 0.5) is 21.9 Å². The molecule has 2 aromatic carbocycles. The summed E-state index contributed by atoms with van der Waals surface area (Å²) in [6, 6.07) is 17.3. The summed E-state index contributed by atoms with van der Waals surface area (Å²) in [5, 5.41) is 6.41. The first-order chi connectivity index (χ1) is 16.2. The monoisotopic (exact) mass is 443 g/mol. The van der Waals surface area contributed by atoms with Crippen LogP contribution in [0.3, 0.4) is 0 Å². The second kappa shape index (κ2) is 8.86. The zero-order valence-electron chi connectivity index (χ0n) is 18.3. The molecule has 2 amide bonds. The van der Waals surface area contributed by atoms with Gasteiger partial charge >= 0.3 is 6.03 Å². The number of allylic oxidation sites excluding steroid dienone is 1. The van der Waals surface area contributed by atoms with E-state index >= 15 is 0 Å². The Morgan fingerprint density at radius 1 is 1.12 bits per heavy atom. The van der Waals surface area contributed by atoms with Gasteiger partial charge in [0, 0.05) is 23.4 Å². The number of urea groups is 1. The van der Waals surface area contributed by atoms with Gasteiger partial charge in [-0.2, -0.15) is 0 Å². The average Bonchev–Trinajstić information content (AvgIpc) is 3.30. The molecule has 0 saturated heterocycles. The van der Waals surface area contributed by atoms with Gasteiger partial charge in [-0.25, -0.2) is 4.79 Å². The molecule has 1 aromatic heterocycles. The zero-order chi connectivity index (χ0) is 22.8. The van der Waals surface area contributed by atoms with Crippen molar-refractivity contribution in [1.82, 2.24) is 0 Å². The van der Waals surface area contributed by atoms with Crippen LogP contribution in [0.25, 0.3) is 0 Å². The van der Waals surface area contributed by atoms with E-state index in [0.717, 1.165) is 30.0 Å². The number of Topliss-reactive ketones (excluding diaryl/α,β-unsaturated/α-hetero) is 1. The summed E-state index contributed by atoms with van der Waals surface area (Å²) in [7, 11) is 0. The van der Waals surface area contributed by atoms with Crippen molar-refractivity contribution in [2.24, 2.45) is 0 Å². The number of carbonyl (C=O) groups is 2. The van der Waals surface area contributed by atoms with Crippen LogP contribution in [0.2, 0.25) is 0 Å². The molecular formula is C26H25N3O4. The number of ether oxygens (including phenoxy) is 1. The highest BCUT2D eigenvalue weighted by Crippen LogP contribution is 2.45. The summed E-state index contributed by atoms with van der Waals surface area (Å²) < 4.78 is 11.3. The van der Waals surface area contributed by atoms with E-state index in [0.29, 0.717) is 35.7 Å². The van der Waals surface area contributed by atoms with Gasteiger partial charge in [0.15, 0.2) is 5.78 Å². The van der Waals surface area contributed by atoms with Crippen LogP contribution < -0.4 is 20.3 Å². The van der Waals surface area contributed by atoms with Gasteiger partial charge in [0.25, 0.3) is 0 Å². The van der Waals surface area contributed by atoms with Crippen LogP contribution in [0.1, 0.15) is 38.0 Å². The number of fused-ring (bicyclic) bond motifs is 1. The van der Waals surface area contributed by atoms with Gasteiger partial charge in [-0.15, -0.1) is 0 Å². The van der Waals surface area contributed by atoms with Gasteiger partial charge in [0.05, 0.1) is 24.2 Å². The molecule has 5 rings (SSSR count). The third-order valence-corrected chi connectivity index (χ3v) is 5.88. The van der Waals surface area contributed by atoms with E-state index in [-0.39, 0.29) is 11.8 Å². The molecular weight excluding hydrogens is 418 g/mol. The highest BCUT2D eigenvalue weighted by Gasteiger charge is 2.41. The van der Waals surface area contributed by atoms with Gasteiger partial charge in [0.2, 0.25) is 0 Å². The van der Waals surface area contributed by atoms with E-state index in [1.165, 1.54) is 0 Å². The first-order valence-corrected chi connectivity index (χ1v) is 11.1. The number of nitrogens with one attached hydrogen (secondary N) is 2. The van der Waals surface area contributed by atoms with Crippen LogP contribution in [0.5, 0.6) is 5.75 Å². The topological polar surface area (TPSA) is 83.8 Å². The van der Waals surface area contributed by atoms with Crippen molar-refractivity contribution in [2.45, 2.75) is 32.2 Å². The molecule has 0 unspecified atom stereocenters. The van der Waals surface area contributed by atoms with Gasteiger partial charge in [-0.1, -0.05) is 12.1 Å². The Hall–Kier alpha value is -4.00. The molecule has 168 valence electrons. The third kappa shape index (κ3) is 3.98. The number of amides is 2. The molecule has 0 fully saturated rings. The van der Waals surface area contributed by atoms with Crippen LogP contribution >= 0.6 is 0 Å². The fourth-order valence-electron chi connectivity index (χ4n) is 4.46. The Morgan fingerprint density at radius 2 is 1.94 bits per heavy atom. The molecule has 0 saturated carbocycles. The number of hydrogen-bond donors (Lipinski definition) is 2. The van der Waals surface area contributed by atoms with Crippen molar-refractivity contribution in [1.29, 1.82) is 0 Å². The fourth-order valence-corrected chi connectivity index (χ4v) is 4.46. The van der Waals surface area contributed by atoms with Crippen LogP contribution in [-0.2, 0) is 4.79 Å². The predicted molar refractivity (Wildman–Crippen MR) is 127 cm³/mol. The maximum absolute atomic E-state index is 13.8. The van der Waals surface area contributed by atoms with E-state index in [4.69, 9.17) is 9.15 Å². The van der Waals surface area contributed by atoms with Gasteiger partial charge in [0.1, 0.15) is 17.6 Å². The molecule has 0 spiro atoms. The second-order valence-corrected chi connectivity index (χ2v) is 7.99. The van der Waals surface area contributed by atoms with Gasteiger partial charge in [-0.05, 0) is 68.3 Å². The smallest absolute Gasteiger partial charge is 0.327 e. The van der Waals surface area contributed by atoms with Gasteiger partial charge in [-0.3, -0.25) is 9.69 Å². The number of rotatable bonds is 4. The van der Waals surface area contributed by atoms with Crippen molar-refractivity contribution in [3.05, 3.63) is 84.0 Å². The fraction of sp³-hybridized carbons (Fsp3) is 0.231. The Kier molecular flexibility index (Phi) is 5.60. The van der Waals surface area contributed by atoms with Crippen molar-refractivity contribution in [3.63, 3.8) is 0 Å². The number of para-hydroxylation sites is 2. The summed E-state index contributed by atoms with van der Waals surface area (Å²) in [6.45, 7) is 2.49. The minimum absolute atomic E-state index is 0.0248. The lowest BCUT2D eigenvalue weighted by Gasteiger charge is -2.32. The molecule has 1 aliphatic carbocycles. The maximum atomic E-state index is 13.8. The number of hydrogen-bond acceptors (Lipinski definition) is 5. The minimum atomic E-state index is -0.679. The number of carbonyl (C=O) groups excluding carboxylic acids is 2.